The number of ether oxygens (including phenoxy) is 2. The number of pyridine rings is 2. The highest BCUT2D eigenvalue weighted by molar-refractivity contribution is 6.33. The van der Waals surface area contributed by atoms with Gasteiger partial charge in [0.2, 0.25) is 0 Å². The van der Waals surface area contributed by atoms with Crippen LogP contribution in [0.3, 0.4) is 0 Å². The number of hydrogen-bond donors (Lipinski definition) is 1. The number of rotatable bonds is 9. The number of nitrogens with zero attached hydrogens (tertiary/aromatic N) is 3. The largest absolute Gasteiger partial charge is 0.381 e. The summed E-state index contributed by atoms with van der Waals surface area (Å²) in [6.07, 6.45) is 13.6. The van der Waals surface area contributed by atoms with Crippen molar-refractivity contribution in [3.8, 4) is 17.3 Å². The van der Waals surface area contributed by atoms with E-state index in [2.05, 4.69) is 22.4 Å². The van der Waals surface area contributed by atoms with Crippen molar-refractivity contribution in [2.24, 2.45) is 17.3 Å². The Morgan fingerprint density at radius 1 is 1.11 bits per heavy atom. The van der Waals surface area contributed by atoms with Gasteiger partial charge in [-0.05, 0) is 87.8 Å². The first kappa shape index (κ1) is 25.4. The summed E-state index contributed by atoms with van der Waals surface area (Å²) in [5.41, 5.74) is 2.43. The van der Waals surface area contributed by atoms with Gasteiger partial charge in [-0.1, -0.05) is 24.1 Å². The van der Waals surface area contributed by atoms with Gasteiger partial charge in [0, 0.05) is 43.8 Å². The third-order valence-electron chi connectivity index (χ3n) is 8.30. The van der Waals surface area contributed by atoms with Crippen molar-refractivity contribution in [3.05, 3.63) is 41.2 Å². The Morgan fingerprint density at radius 3 is 2.78 bits per heavy atom. The average molecular weight is 509 g/mol. The molecule has 192 valence electrons. The first-order valence-electron chi connectivity index (χ1n) is 13.6. The van der Waals surface area contributed by atoms with Gasteiger partial charge < -0.3 is 14.8 Å². The van der Waals surface area contributed by atoms with Gasteiger partial charge in [-0.25, -0.2) is 4.98 Å². The summed E-state index contributed by atoms with van der Waals surface area (Å²) in [6, 6.07) is 10.5. The third-order valence-corrected chi connectivity index (χ3v) is 8.60. The third kappa shape index (κ3) is 6.37. The van der Waals surface area contributed by atoms with Crippen molar-refractivity contribution in [2.75, 3.05) is 31.7 Å². The second kappa shape index (κ2) is 11.9. The van der Waals surface area contributed by atoms with Crippen molar-refractivity contribution >= 4 is 17.4 Å². The lowest BCUT2D eigenvalue weighted by molar-refractivity contribution is 0.0455. The summed E-state index contributed by atoms with van der Waals surface area (Å²) in [5.74, 6) is 2.26. The van der Waals surface area contributed by atoms with E-state index >= 15 is 0 Å². The van der Waals surface area contributed by atoms with E-state index < -0.39 is 5.41 Å². The Bertz CT molecular complexity index is 1060. The molecule has 0 amide bonds. The molecule has 3 aliphatic rings. The summed E-state index contributed by atoms with van der Waals surface area (Å²) < 4.78 is 11.3. The average Bonchev–Trinajstić information content (AvgIpc) is 3.60. The van der Waals surface area contributed by atoms with Crippen LogP contribution in [0.4, 0.5) is 5.82 Å². The Balaban J connectivity index is 1.20. The molecule has 2 aromatic heterocycles. The first-order chi connectivity index (χ1) is 17.6. The Morgan fingerprint density at radius 2 is 1.97 bits per heavy atom. The summed E-state index contributed by atoms with van der Waals surface area (Å²) in [7, 11) is 0. The summed E-state index contributed by atoms with van der Waals surface area (Å²) >= 11 is 6.58. The van der Waals surface area contributed by atoms with Crippen LogP contribution < -0.4 is 5.32 Å². The minimum atomic E-state index is -0.402. The molecular weight excluding hydrogens is 472 g/mol. The van der Waals surface area contributed by atoms with E-state index in [1.807, 2.05) is 18.2 Å². The standard InChI is InChI=1S/C29H37ClN4O2/c30-26-18-32-23(16-22-7-6-21(15-22)8-9-24-3-2-12-36-24)17-25(26)27-4-1-5-28(34-27)33-20-29(19-31)10-13-35-14-11-29/h1,4-5,17-18,21-22,24H,2-3,6-16,20H2,(H,33,34)/t21-,22+,24?/m0/s1. The van der Waals surface area contributed by atoms with E-state index in [4.69, 9.17) is 26.1 Å². The first-order valence-corrected chi connectivity index (χ1v) is 14.0. The number of nitriles is 1. The minimum absolute atomic E-state index is 0.402. The fourth-order valence-electron chi connectivity index (χ4n) is 6.04. The van der Waals surface area contributed by atoms with Gasteiger partial charge in [-0.3, -0.25) is 4.98 Å². The molecule has 36 heavy (non-hydrogen) atoms. The predicted octanol–water partition coefficient (Wildman–Crippen LogP) is 6.45. The molecule has 2 saturated heterocycles. The van der Waals surface area contributed by atoms with Crippen molar-refractivity contribution in [1.82, 2.24) is 9.97 Å². The number of halogens is 1. The minimum Gasteiger partial charge on any atom is -0.381 e. The van der Waals surface area contributed by atoms with Gasteiger partial charge in [0.25, 0.3) is 0 Å². The van der Waals surface area contributed by atoms with E-state index in [-0.39, 0.29) is 0 Å². The quantitative estimate of drug-likeness (QED) is 0.419. The second-order valence-electron chi connectivity index (χ2n) is 10.9. The molecule has 7 heteroatoms. The van der Waals surface area contributed by atoms with Gasteiger partial charge in [-0.2, -0.15) is 5.26 Å². The van der Waals surface area contributed by atoms with Crippen LogP contribution in [0.2, 0.25) is 5.02 Å². The van der Waals surface area contributed by atoms with Crippen LogP contribution in [0.15, 0.2) is 30.5 Å². The van der Waals surface area contributed by atoms with Crippen molar-refractivity contribution in [1.29, 1.82) is 5.26 Å². The topological polar surface area (TPSA) is 80.1 Å². The normalized spacial score (nSPS) is 25.5. The molecule has 2 aliphatic heterocycles. The SMILES string of the molecule is N#CC1(CNc2cccc(-c3cc(C[C@@H]4CC[C@@H](CCC5CCCO5)C4)ncc3Cl)n2)CCOCC1. The van der Waals surface area contributed by atoms with Crippen LogP contribution in [0, 0.1) is 28.6 Å². The van der Waals surface area contributed by atoms with E-state index in [9.17, 15) is 5.26 Å². The maximum absolute atomic E-state index is 9.74. The molecule has 3 atom stereocenters. The monoisotopic (exact) mass is 508 g/mol. The Labute approximate surface area is 219 Å². The van der Waals surface area contributed by atoms with Crippen molar-refractivity contribution < 1.29 is 9.47 Å². The highest BCUT2D eigenvalue weighted by Crippen LogP contribution is 2.37. The summed E-state index contributed by atoms with van der Waals surface area (Å²) in [6.45, 7) is 2.78. The highest BCUT2D eigenvalue weighted by atomic mass is 35.5. The molecule has 0 spiro atoms. The van der Waals surface area contributed by atoms with E-state index in [1.54, 1.807) is 6.20 Å². The molecule has 4 heterocycles. The van der Waals surface area contributed by atoms with Gasteiger partial charge in [0.05, 0.1) is 28.3 Å². The van der Waals surface area contributed by atoms with Gasteiger partial charge in [0.1, 0.15) is 5.82 Å². The fraction of sp³-hybridized carbons (Fsp3) is 0.621. The molecular formula is C29H37ClN4O2. The summed E-state index contributed by atoms with van der Waals surface area (Å²) in [4.78, 5) is 9.48. The highest BCUT2D eigenvalue weighted by Gasteiger charge is 2.32. The molecule has 1 N–H and O–H groups in total. The van der Waals surface area contributed by atoms with Gasteiger partial charge in [0.15, 0.2) is 0 Å². The van der Waals surface area contributed by atoms with Crippen LogP contribution in [0.25, 0.3) is 11.3 Å². The smallest absolute Gasteiger partial charge is 0.126 e. The predicted molar refractivity (Wildman–Crippen MR) is 142 cm³/mol. The number of anilines is 1. The van der Waals surface area contributed by atoms with Gasteiger partial charge in [-0.15, -0.1) is 0 Å². The zero-order chi connectivity index (χ0) is 24.8. The van der Waals surface area contributed by atoms with E-state index in [0.29, 0.717) is 36.8 Å². The number of nitrogens with one attached hydrogen (secondary N) is 1. The molecule has 2 aromatic rings. The molecule has 5 rings (SSSR count). The zero-order valence-electron chi connectivity index (χ0n) is 21.1. The van der Waals surface area contributed by atoms with Crippen molar-refractivity contribution in [3.63, 3.8) is 0 Å². The van der Waals surface area contributed by atoms with Crippen molar-refractivity contribution in [2.45, 2.75) is 70.3 Å². The molecule has 0 bridgehead atoms. The Hall–Kier alpha value is -2.20. The maximum atomic E-state index is 9.74. The lowest BCUT2D eigenvalue weighted by atomic mass is 9.82. The fourth-order valence-corrected chi connectivity index (χ4v) is 6.24. The number of aromatic nitrogens is 2. The molecule has 0 radical (unpaired) electrons. The molecule has 0 aromatic carbocycles. The Kier molecular flexibility index (Phi) is 8.41. The van der Waals surface area contributed by atoms with Crippen LogP contribution in [-0.2, 0) is 15.9 Å². The molecule has 1 aliphatic carbocycles. The van der Waals surface area contributed by atoms with Gasteiger partial charge >= 0.3 is 0 Å². The van der Waals surface area contributed by atoms with Crippen LogP contribution in [0.5, 0.6) is 0 Å². The number of hydrogen-bond acceptors (Lipinski definition) is 6. The second-order valence-corrected chi connectivity index (χ2v) is 11.3. The molecule has 3 fully saturated rings. The maximum Gasteiger partial charge on any atom is 0.126 e. The van der Waals surface area contributed by atoms with Crippen LogP contribution in [0.1, 0.15) is 63.5 Å². The molecule has 6 nitrogen and oxygen atoms in total. The lowest BCUT2D eigenvalue weighted by Gasteiger charge is -2.30. The summed E-state index contributed by atoms with van der Waals surface area (Å²) in [5, 5.41) is 13.7. The lowest BCUT2D eigenvalue weighted by Crippen LogP contribution is -2.34. The van der Waals surface area contributed by atoms with E-state index in [1.165, 1.54) is 44.9 Å². The molecule has 1 unspecified atom stereocenters. The van der Waals surface area contributed by atoms with Crippen LogP contribution in [-0.4, -0.2) is 42.4 Å². The zero-order valence-corrected chi connectivity index (χ0v) is 21.8. The molecule has 1 saturated carbocycles. The van der Waals surface area contributed by atoms with Crippen LogP contribution >= 0.6 is 11.6 Å². The van der Waals surface area contributed by atoms with E-state index in [0.717, 1.165) is 54.6 Å².